The standard InChI is InChI=1S/C19H15FIN3/c1-13(24-11-9-18(21)22-24)16-12-14-6-4-5-10-23(14)19(16)15-7-2-3-8-17(15)20/h2-13H,1H3. The highest BCUT2D eigenvalue weighted by atomic mass is 127. The summed E-state index contributed by atoms with van der Waals surface area (Å²) < 4.78 is 19.4. The van der Waals surface area contributed by atoms with Crippen molar-refractivity contribution in [1.82, 2.24) is 14.2 Å². The third-order valence-electron chi connectivity index (χ3n) is 4.26. The molecule has 1 aromatic carbocycles. The Morgan fingerprint density at radius 2 is 1.83 bits per heavy atom. The van der Waals surface area contributed by atoms with Gasteiger partial charge in [0.15, 0.2) is 0 Å². The summed E-state index contributed by atoms with van der Waals surface area (Å²) in [6.07, 6.45) is 3.93. The molecule has 3 heterocycles. The summed E-state index contributed by atoms with van der Waals surface area (Å²) in [5.74, 6) is -0.218. The molecular weight excluding hydrogens is 416 g/mol. The lowest BCUT2D eigenvalue weighted by Crippen LogP contribution is -2.08. The molecule has 4 rings (SSSR count). The maximum absolute atomic E-state index is 14.5. The van der Waals surface area contributed by atoms with Gasteiger partial charge < -0.3 is 4.40 Å². The maximum Gasteiger partial charge on any atom is 0.132 e. The van der Waals surface area contributed by atoms with Crippen LogP contribution in [0.15, 0.2) is 67.0 Å². The van der Waals surface area contributed by atoms with Crippen LogP contribution in [0.5, 0.6) is 0 Å². The smallest absolute Gasteiger partial charge is 0.132 e. The molecule has 0 fully saturated rings. The summed E-state index contributed by atoms with van der Waals surface area (Å²) in [5, 5.41) is 4.51. The molecule has 0 radical (unpaired) electrons. The van der Waals surface area contributed by atoms with Crippen LogP contribution in [-0.4, -0.2) is 14.2 Å². The highest BCUT2D eigenvalue weighted by Crippen LogP contribution is 2.34. The fourth-order valence-corrected chi connectivity index (χ4v) is 3.48. The van der Waals surface area contributed by atoms with Crippen molar-refractivity contribution < 1.29 is 4.39 Å². The van der Waals surface area contributed by atoms with Crippen molar-refractivity contribution in [2.75, 3.05) is 0 Å². The molecule has 120 valence electrons. The van der Waals surface area contributed by atoms with E-state index in [2.05, 4.69) is 40.7 Å². The number of nitrogens with zero attached hydrogens (tertiary/aromatic N) is 3. The van der Waals surface area contributed by atoms with Gasteiger partial charge in [-0.25, -0.2) is 4.39 Å². The molecule has 0 bridgehead atoms. The fraction of sp³-hybridized carbons (Fsp3) is 0.105. The molecule has 0 saturated heterocycles. The first-order chi connectivity index (χ1) is 11.6. The largest absolute Gasteiger partial charge is 0.316 e. The lowest BCUT2D eigenvalue weighted by molar-refractivity contribution is 0.561. The second-order valence-corrected chi connectivity index (χ2v) is 6.82. The molecule has 0 aliphatic carbocycles. The number of pyridine rings is 1. The molecular formula is C19H15FIN3. The quantitative estimate of drug-likeness (QED) is 0.411. The van der Waals surface area contributed by atoms with Gasteiger partial charge >= 0.3 is 0 Å². The Morgan fingerprint density at radius 1 is 1.04 bits per heavy atom. The van der Waals surface area contributed by atoms with E-state index in [0.29, 0.717) is 5.56 Å². The predicted octanol–water partition coefficient (Wildman–Crippen LogP) is 5.16. The van der Waals surface area contributed by atoms with Gasteiger partial charge in [-0.2, -0.15) is 5.10 Å². The van der Waals surface area contributed by atoms with Gasteiger partial charge in [-0.15, -0.1) is 0 Å². The van der Waals surface area contributed by atoms with Crippen molar-refractivity contribution in [2.24, 2.45) is 0 Å². The number of aromatic nitrogens is 3. The van der Waals surface area contributed by atoms with Gasteiger partial charge in [0.05, 0.1) is 11.7 Å². The zero-order chi connectivity index (χ0) is 16.7. The average Bonchev–Trinajstić information content (AvgIpc) is 3.18. The summed E-state index contributed by atoms with van der Waals surface area (Å²) in [6.45, 7) is 2.09. The minimum Gasteiger partial charge on any atom is -0.316 e. The fourth-order valence-electron chi connectivity index (χ4n) is 3.07. The van der Waals surface area contributed by atoms with Crippen LogP contribution in [0.25, 0.3) is 16.8 Å². The van der Waals surface area contributed by atoms with Crippen LogP contribution < -0.4 is 0 Å². The van der Waals surface area contributed by atoms with Crippen molar-refractivity contribution in [3.8, 4) is 11.3 Å². The molecule has 24 heavy (non-hydrogen) atoms. The minimum absolute atomic E-state index is 0.00280. The molecule has 5 heteroatoms. The summed E-state index contributed by atoms with van der Waals surface area (Å²) in [6, 6.07) is 17.0. The molecule has 0 N–H and O–H groups in total. The van der Waals surface area contributed by atoms with E-state index in [4.69, 9.17) is 0 Å². The van der Waals surface area contributed by atoms with E-state index in [1.165, 1.54) is 6.07 Å². The Morgan fingerprint density at radius 3 is 2.58 bits per heavy atom. The van der Waals surface area contributed by atoms with Gasteiger partial charge in [-0.3, -0.25) is 4.68 Å². The van der Waals surface area contributed by atoms with Crippen LogP contribution in [0, 0.1) is 9.52 Å². The maximum atomic E-state index is 14.5. The average molecular weight is 431 g/mol. The summed E-state index contributed by atoms with van der Waals surface area (Å²) in [4.78, 5) is 0. The monoisotopic (exact) mass is 431 g/mol. The first kappa shape index (κ1) is 15.4. The molecule has 0 spiro atoms. The molecule has 0 aliphatic heterocycles. The molecule has 0 saturated carbocycles. The zero-order valence-corrected chi connectivity index (χ0v) is 15.2. The normalized spacial score (nSPS) is 12.6. The highest BCUT2D eigenvalue weighted by Gasteiger charge is 2.21. The Bertz CT molecular complexity index is 1020. The van der Waals surface area contributed by atoms with Gasteiger partial charge in [0.1, 0.15) is 9.52 Å². The molecule has 3 nitrogen and oxygen atoms in total. The second kappa shape index (κ2) is 6.05. The van der Waals surface area contributed by atoms with Crippen LogP contribution >= 0.6 is 22.6 Å². The number of hydrogen-bond acceptors (Lipinski definition) is 1. The lowest BCUT2D eigenvalue weighted by Gasteiger charge is -2.15. The van der Waals surface area contributed by atoms with E-state index in [-0.39, 0.29) is 11.9 Å². The third-order valence-corrected chi connectivity index (χ3v) is 4.84. The van der Waals surface area contributed by atoms with E-state index in [1.54, 1.807) is 6.07 Å². The topological polar surface area (TPSA) is 22.2 Å². The molecule has 1 atom stereocenters. The number of halogens is 2. The third kappa shape index (κ3) is 2.53. The molecule has 1 unspecified atom stereocenters. The predicted molar refractivity (Wildman–Crippen MR) is 102 cm³/mol. The Balaban J connectivity index is 1.99. The number of benzene rings is 1. The van der Waals surface area contributed by atoms with Gasteiger partial charge in [-0.1, -0.05) is 18.2 Å². The van der Waals surface area contributed by atoms with Crippen molar-refractivity contribution in [2.45, 2.75) is 13.0 Å². The number of rotatable bonds is 3. The summed E-state index contributed by atoms with van der Waals surface area (Å²) in [5.41, 5.74) is 3.57. The molecule has 0 aliphatic rings. The Hall–Kier alpha value is -2.15. The van der Waals surface area contributed by atoms with Crippen LogP contribution in [0.2, 0.25) is 0 Å². The highest BCUT2D eigenvalue weighted by molar-refractivity contribution is 14.1. The van der Waals surface area contributed by atoms with Crippen molar-refractivity contribution >= 4 is 28.1 Å². The van der Waals surface area contributed by atoms with E-state index < -0.39 is 0 Å². The molecule has 4 aromatic rings. The van der Waals surface area contributed by atoms with E-state index in [0.717, 1.165) is 20.5 Å². The number of fused-ring (bicyclic) bond motifs is 1. The minimum atomic E-state index is -0.218. The van der Waals surface area contributed by atoms with Gasteiger partial charge in [0.25, 0.3) is 0 Å². The van der Waals surface area contributed by atoms with E-state index in [9.17, 15) is 4.39 Å². The first-order valence-corrected chi connectivity index (χ1v) is 8.78. The van der Waals surface area contributed by atoms with E-state index in [1.807, 2.05) is 57.9 Å². The zero-order valence-electron chi connectivity index (χ0n) is 13.0. The van der Waals surface area contributed by atoms with Gasteiger partial charge in [0.2, 0.25) is 0 Å². The Labute approximate surface area is 152 Å². The van der Waals surface area contributed by atoms with Crippen molar-refractivity contribution in [1.29, 1.82) is 0 Å². The summed E-state index contributed by atoms with van der Waals surface area (Å²) >= 11 is 2.20. The number of hydrogen-bond donors (Lipinski definition) is 0. The lowest BCUT2D eigenvalue weighted by atomic mass is 10.0. The van der Waals surface area contributed by atoms with Crippen LogP contribution in [0.4, 0.5) is 4.39 Å². The first-order valence-electron chi connectivity index (χ1n) is 7.70. The second-order valence-electron chi connectivity index (χ2n) is 5.72. The summed E-state index contributed by atoms with van der Waals surface area (Å²) in [7, 11) is 0. The van der Waals surface area contributed by atoms with Gasteiger partial charge in [0, 0.05) is 29.0 Å². The molecule has 3 aromatic heterocycles. The Kier molecular flexibility index (Phi) is 3.88. The van der Waals surface area contributed by atoms with Crippen LogP contribution in [0.3, 0.4) is 0 Å². The van der Waals surface area contributed by atoms with Crippen molar-refractivity contribution in [3.05, 3.63) is 82.1 Å². The van der Waals surface area contributed by atoms with Crippen molar-refractivity contribution in [3.63, 3.8) is 0 Å². The van der Waals surface area contributed by atoms with E-state index >= 15 is 0 Å². The van der Waals surface area contributed by atoms with Crippen LogP contribution in [0.1, 0.15) is 18.5 Å². The van der Waals surface area contributed by atoms with Crippen LogP contribution in [-0.2, 0) is 0 Å². The SMILES string of the molecule is CC(c1cc2ccccn2c1-c1ccccc1F)n1ccc(I)n1. The van der Waals surface area contributed by atoms with Gasteiger partial charge in [-0.05, 0) is 65.9 Å². The molecule has 0 amide bonds.